The first kappa shape index (κ1) is 71.4. The van der Waals surface area contributed by atoms with E-state index in [0.717, 1.165) is 9.80 Å². The summed E-state index contributed by atoms with van der Waals surface area (Å²) in [5, 5.41) is 47.4. The number of hydrogen-bond acceptors (Lipinski definition) is 23. The third kappa shape index (κ3) is 14.7. The molecule has 10 rings (SSSR count). The van der Waals surface area contributed by atoms with Gasteiger partial charge in [-0.05, 0) is 74.8 Å². The lowest BCUT2D eigenvalue weighted by Gasteiger charge is -2.43. The lowest BCUT2D eigenvalue weighted by molar-refractivity contribution is -0.256. The van der Waals surface area contributed by atoms with Gasteiger partial charge in [-0.25, -0.2) is 14.4 Å². The number of nitrogens with two attached hydrogens (primary N) is 1. The Labute approximate surface area is 563 Å². The number of anilines is 1. The van der Waals surface area contributed by atoms with Gasteiger partial charge in [0, 0.05) is 120 Å². The minimum atomic E-state index is -2.49. The van der Waals surface area contributed by atoms with Gasteiger partial charge in [0.25, 0.3) is 17.7 Å². The van der Waals surface area contributed by atoms with Gasteiger partial charge in [0.1, 0.15) is 47.0 Å². The van der Waals surface area contributed by atoms with Gasteiger partial charge in [-0.3, -0.25) is 48.2 Å². The van der Waals surface area contributed by atoms with E-state index in [0.29, 0.717) is 44.4 Å². The Bertz CT molecular complexity index is 3690. The Kier molecular flexibility index (Phi) is 22.0. The number of Topliss-reactive ketones (excluding diaryl/α,β-unsaturated/α-hetero) is 1. The largest absolute Gasteiger partial charge is 0.507 e. The number of nitrogens with zero attached hydrogens (tertiary/aromatic N) is 4. The minimum Gasteiger partial charge on any atom is -0.507 e. The van der Waals surface area contributed by atoms with E-state index in [1.807, 2.05) is 0 Å². The fourth-order valence-electron chi connectivity index (χ4n) is 13.3. The van der Waals surface area contributed by atoms with Gasteiger partial charge in [0.15, 0.2) is 31.2 Å². The van der Waals surface area contributed by atoms with Crippen LogP contribution in [0.15, 0.2) is 66.8 Å². The zero-order valence-electron chi connectivity index (χ0n) is 54.9. The molecule has 3 aliphatic carbocycles. The molecule has 9 unspecified atom stereocenters. The van der Waals surface area contributed by atoms with Crippen molar-refractivity contribution in [3.05, 3.63) is 106 Å². The summed E-state index contributed by atoms with van der Waals surface area (Å²) in [4.78, 5) is 152. The number of fused-ring (bicyclic) bond motifs is 6. The predicted octanol–water partition coefficient (Wildman–Crippen LogP) is 2.48. The van der Waals surface area contributed by atoms with E-state index in [4.69, 9.17) is 43.6 Å². The maximum absolute atomic E-state index is 14.3. The number of nitrogens with one attached hydrogen (secondary N) is 4. The molecule has 0 radical (unpaired) electrons. The van der Waals surface area contributed by atoms with Gasteiger partial charge >= 0.3 is 18.2 Å². The number of methoxy groups -OCH3 is 2. The summed E-state index contributed by atoms with van der Waals surface area (Å²) in [6.45, 7) is 5.60. The van der Waals surface area contributed by atoms with Crippen molar-refractivity contribution in [1.82, 2.24) is 35.6 Å². The minimum absolute atomic E-state index is 0.00771. The molecule has 7 aliphatic rings. The Hall–Kier alpha value is -9.37. The van der Waals surface area contributed by atoms with Gasteiger partial charge in [0.2, 0.25) is 23.4 Å². The molecule has 3 aromatic rings. The number of hydrogen-bond donors (Lipinski definition) is 8. The summed E-state index contributed by atoms with van der Waals surface area (Å²) in [6.07, 6.45) is -2.73. The molecule has 9 N–H and O–H groups in total. The first-order valence-corrected chi connectivity index (χ1v) is 32.3. The molecule has 31 nitrogen and oxygen atoms in total. The molecule has 9 atom stereocenters. The van der Waals surface area contributed by atoms with Crippen molar-refractivity contribution in [3.63, 3.8) is 0 Å². The molecule has 98 heavy (non-hydrogen) atoms. The number of carbonyl (C=O) groups is 11. The van der Waals surface area contributed by atoms with E-state index in [1.54, 1.807) is 19.1 Å². The van der Waals surface area contributed by atoms with Gasteiger partial charge in [0.05, 0.1) is 42.6 Å². The monoisotopic (exact) mass is 1360 g/mol. The molecule has 0 aromatic heterocycles. The van der Waals surface area contributed by atoms with Crippen molar-refractivity contribution < 1.29 is 106 Å². The Morgan fingerprint density at radius 1 is 0.837 bits per heavy atom. The molecule has 526 valence electrons. The number of ether oxygens (including phenoxy) is 8. The zero-order chi connectivity index (χ0) is 70.5. The normalized spacial score (nSPS) is 23.7. The number of amides is 9. The lowest BCUT2D eigenvalue weighted by Crippen LogP contribution is -2.59. The Morgan fingerprint density at radius 3 is 2.19 bits per heavy atom. The number of benzene rings is 3. The number of aromatic hydroxyl groups is 2. The van der Waals surface area contributed by atoms with Crippen molar-refractivity contribution in [2.24, 2.45) is 11.1 Å². The van der Waals surface area contributed by atoms with Crippen LogP contribution < -0.4 is 31.7 Å². The van der Waals surface area contributed by atoms with Crippen LogP contribution in [0, 0.1) is 5.41 Å². The van der Waals surface area contributed by atoms with Crippen molar-refractivity contribution >= 4 is 70.8 Å². The van der Waals surface area contributed by atoms with Crippen LogP contribution in [0.25, 0.3) is 0 Å². The average molecular weight is 1360 g/mol. The van der Waals surface area contributed by atoms with E-state index in [2.05, 4.69) is 32.7 Å². The summed E-state index contributed by atoms with van der Waals surface area (Å²) in [5.41, 5.74) is 0.462. The number of ketones is 3. The first-order valence-electron chi connectivity index (χ1n) is 32.3. The van der Waals surface area contributed by atoms with Crippen LogP contribution in [0.4, 0.5) is 20.1 Å². The highest BCUT2D eigenvalue weighted by Crippen LogP contribution is 2.53. The molecule has 3 saturated heterocycles. The second-order valence-corrected chi connectivity index (χ2v) is 25.3. The summed E-state index contributed by atoms with van der Waals surface area (Å²) < 4.78 is 46.9. The maximum Gasteiger partial charge on any atom is 0.409 e. The molecule has 9 amide bonds. The van der Waals surface area contributed by atoms with Crippen LogP contribution in [-0.4, -0.2) is 230 Å². The average Bonchev–Trinajstić information content (AvgIpc) is 0.881. The number of aliphatic hydroxyl groups is 1. The molecule has 1 saturated carbocycles. The van der Waals surface area contributed by atoms with Crippen LogP contribution >= 0.6 is 0 Å². The molecular weight excluding hydrogens is 1280 g/mol. The second-order valence-electron chi connectivity index (χ2n) is 25.3. The molecular formula is C67H81N9O22. The van der Waals surface area contributed by atoms with Gasteiger partial charge < -0.3 is 90.0 Å². The number of morpholine rings is 1. The highest BCUT2D eigenvalue weighted by molar-refractivity contribution is 6.31. The predicted molar refractivity (Wildman–Crippen MR) is 341 cm³/mol. The molecule has 4 fully saturated rings. The third-order valence-electron chi connectivity index (χ3n) is 19.0. The zero-order valence-corrected chi connectivity index (χ0v) is 54.9. The van der Waals surface area contributed by atoms with E-state index in [9.17, 15) is 68.1 Å². The fraction of sp³-hybridized carbons (Fsp3) is 0.507. The molecule has 4 heterocycles. The number of primary amides is 1. The quantitative estimate of drug-likeness (QED) is 0.0140. The van der Waals surface area contributed by atoms with E-state index in [-0.39, 0.29) is 122 Å². The molecule has 0 spiro atoms. The van der Waals surface area contributed by atoms with Crippen molar-refractivity contribution in [3.8, 4) is 17.2 Å². The maximum atomic E-state index is 14.3. The highest BCUT2D eigenvalue weighted by Gasteiger charge is 2.56. The van der Waals surface area contributed by atoms with E-state index >= 15 is 0 Å². The van der Waals surface area contributed by atoms with Gasteiger partial charge in [-0.1, -0.05) is 37.3 Å². The Balaban J connectivity index is 0.723. The van der Waals surface area contributed by atoms with Crippen LogP contribution in [0.3, 0.4) is 0 Å². The van der Waals surface area contributed by atoms with Crippen LogP contribution in [0.1, 0.15) is 119 Å². The number of rotatable bonds is 27. The van der Waals surface area contributed by atoms with Crippen LogP contribution in [0.5, 0.6) is 17.2 Å². The van der Waals surface area contributed by atoms with Crippen LogP contribution in [0.2, 0.25) is 0 Å². The van der Waals surface area contributed by atoms with E-state index < -0.39 is 150 Å². The second kappa shape index (κ2) is 30.2. The topological polar surface area (TPSA) is 409 Å². The summed E-state index contributed by atoms with van der Waals surface area (Å²) >= 11 is 0. The Morgan fingerprint density at radius 2 is 1.53 bits per heavy atom. The first-order chi connectivity index (χ1) is 46.8. The summed E-state index contributed by atoms with van der Waals surface area (Å²) in [7, 11) is 5.56. The third-order valence-corrected chi connectivity index (χ3v) is 19.0. The number of urea groups is 1. The fourth-order valence-corrected chi connectivity index (χ4v) is 13.3. The number of phenols is 2. The smallest absolute Gasteiger partial charge is 0.409 e. The molecule has 4 aliphatic heterocycles. The standard InChI is InChI=1S/C67H81N9O22/c1-35(20-24-70-63(68)87)52(72-62(86)66(21-11-22-66)61(85)69-23-8-7-9-25-76-45(78)18-19-46(76)79)58(84)71-38-16-14-37(15-17-38)33-94-64(88)73(3)26-27-74(4)65(89)95-34-44(77)67(90)31-40-49(56(83)51-50(54(40)81)53(80)39-12-10-13-42(91-5)48(39)55(51)82)43(32-67)97-47-30-41-57(36(2)96-47)98-59-60(92-6)93-29-28-75(41)59/h10,12-19,36,41,43,47,52,57,59-60,81,83,90H,1,7-9,11,20-34H2,2-6H3,(H,69,85)(H,71,84)(H,72,86)(H3,68,70,87). The number of carbonyl (C=O) groups excluding carboxylic acids is 11. The van der Waals surface area contributed by atoms with Crippen LogP contribution in [-0.2, 0) is 75.0 Å². The van der Waals surface area contributed by atoms with E-state index in [1.165, 1.54) is 75.7 Å². The SMILES string of the molecule is C=C(CCNC(N)=O)C(NC(=O)C1(C(=O)NCCCCCN2C(=O)C=CC2=O)CCC1)C(=O)Nc1ccc(COC(=O)N(C)CCN(C)C(=O)OCC(=O)C2(O)Cc3c(O)c4c(c(O)c3C(OC3CC5C(OC6C(OC)OCCN56)C(C)O3)C2)C(=O)c2c(OC)cccc2C4=O)cc1. The number of imide groups is 1. The van der Waals surface area contributed by atoms with Crippen molar-refractivity contribution in [2.75, 3.05) is 86.1 Å². The summed E-state index contributed by atoms with van der Waals surface area (Å²) in [5.74, 6) is -6.85. The number of likely N-dealkylation sites (N-methyl/N-ethyl adjacent to an activating group) is 2. The molecule has 3 aromatic carbocycles. The lowest BCUT2D eigenvalue weighted by atomic mass is 9.67. The summed E-state index contributed by atoms with van der Waals surface area (Å²) in [6, 6.07) is 8.03. The van der Waals surface area contributed by atoms with Gasteiger partial charge in [-0.15, -0.1) is 0 Å². The molecule has 0 bridgehead atoms. The van der Waals surface area contributed by atoms with Gasteiger partial charge in [-0.2, -0.15) is 0 Å². The van der Waals surface area contributed by atoms with Crippen molar-refractivity contribution in [2.45, 2.75) is 133 Å². The molecule has 31 heteroatoms. The number of unbranched alkanes of at least 4 members (excludes halogenated alkanes) is 2. The highest BCUT2D eigenvalue weighted by atomic mass is 16.7. The number of phenolic OH excluding ortho intramolecular Hbond substituents is 2. The van der Waals surface area contributed by atoms with Crippen molar-refractivity contribution in [1.29, 1.82) is 0 Å².